The van der Waals surface area contributed by atoms with E-state index in [0.29, 0.717) is 11.2 Å². The van der Waals surface area contributed by atoms with E-state index < -0.39 is 0 Å². The SMILES string of the molecule is Cc1cc(C)n2nc(C)c(C(=O)N[C@H]3CCCNC3)c2n1. The minimum absolute atomic E-state index is 0.0753. The Hall–Kier alpha value is -1.95. The predicted molar refractivity (Wildman–Crippen MR) is 80.6 cm³/mol. The molecule has 6 nitrogen and oxygen atoms in total. The van der Waals surface area contributed by atoms with Gasteiger partial charge in [0.1, 0.15) is 5.56 Å². The zero-order valence-corrected chi connectivity index (χ0v) is 12.7. The van der Waals surface area contributed by atoms with Gasteiger partial charge in [0, 0.05) is 24.0 Å². The summed E-state index contributed by atoms with van der Waals surface area (Å²) >= 11 is 0. The molecule has 2 N–H and O–H groups in total. The standard InChI is InChI=1S/C15H21N5O/c1-9-7-10(2)20-14(17-9)13(11(3)19-20)15(21)18-12-5-4-6-16-8-12/h7,12,16H,4-6,8H2,1-3H3,(H,18,21)/t12-/m0/s1. The molecule has 3 rings (SSSR count). The van der Waals surface area contributed by atoms with Crippen molar-refractivity contribution in [2.24, 2.45) is 0 Å². The minimum Gasteiger partial charge on any atom is -0.348 e. The van der Waals surface area contributed by atoms with Crippen molar-refractivity contribution in [3.8, 4) is 0 Å². The first-order valence-corrected chi connectivity index (χ1v) is 7.41. The van der Waals surface area contributed by atoms with Crippen molar-refractivity contribution in [1.29, 1.82) is 0 Å². The molecule has 1 fully saturated rings. The van der Waals surface area contributed by atoms with Gasteiger partial charge in [0.15, 0.2) is 5.65 Å². The number of carbonyl (C=O) groups excluding carboxylic acids is 1. The van der Waals surface area contributed by atoms with Gasteiger partial charge in [-0.1, -0.05) is 0 Å². The maximum Gasteiger partial charge on any atom is 0.257 e. The highest BCUT2D eigenvalue weighted by Crippen LogP contribution is 2.16. The third-order valence-electron chi connectivity index (χ3n) is 3.93. The molecule has 2 aromatic heterocycles. The van der Waals surface area contributed by atoms with Gasteiger partial charge >= 0.3 is 0 Å². The number of hydrogen-bond donors (Lipinski definition) is 2. The van der Waals surface area contributed by atoms with Crippen LogP contribution in [0.3, 0.4) is 0 Å². The van der Waals surface area contributed by atoms with Crippen LogP contribution in [0.4, 0.5) is 0 Å². The fourth-order valence-electron chi connectivity index (χ4n) is 2.93. The Kier molecular flexibility index (Phi) is 3.63. The Balaban J connectivity index is 1.95. The second-order valence-electron chi connectivity index (χ2n) is 5.75. The van der Waals surface area contributed by atoms with Gasteiger partial charge in [-0.25, -0.2) is 9.50 Å². The lowest BCUT2D eigenvalue weighted by Crippen LogP contribution is -2.45. The molecular formula is C15H21N5O. The van der Waals surface area contributed by atoms with Crippen molar-refractivity contribution in [3.05, 3.63) is 28.7 Å². The minimum atomic E-state index is -0.0753. The zero-order valence-electron chi connectivity index (χ0n) is 12.7. The van der Waals surface area contributed by atoms with E-state index in [2.05, 4.69) is 20.7 Å². The Bertz CT molecular complexity index is 685. The van der Waals surface area contributed by atoms with Crippen molar-refractivity contribution in [3.63, 3.8) is 0 Å². The first kappa shape index (κ1) is 14.0. The van der Waals surface area contributed by atoms with Gasteiger partial charge in [-0.15, -0.1) is 0 Å². The van der Waals surface area contributed by atoms with Crippen LogP contribution in [-0.4, -0.2) is 39.6 Å². The lowest BCUT2D eigenvalue weighted by atomic mass is 10.1. The summed E-state index contributed by atoms with van der Waals surface area (Å²) in [4.78, 5) is 17.1. The van der Waals surface area contributed by atoms with Crippen LogP contribution in [0.5, 0.6) is 0 Å². The number of piperidine rings is 1. The van der Waals surface area contributed by atoms with Crippen LogP contribution in [0.15, 0.2) is 6.07 Å². The van der Waals surface area contributed by atoms with Crippen LogP contribution in [0, 0.1) is 20.8 Å². The molecule has 0 aliphatic carbocycles. The van der Waals surface area contributed by atoms with Crippen LogP contribution < -0.4 is 10.6 Å². The van der Waals surface area contributed by atoms with E-state index in [1.54, 1.807) is 4.52 Å². The number of aryl methyl sites for hydroxylation is 3. The van der Waals surface area contributed by atoms with E-state index in [9.17, 15) is 4.79 Å². The van der Waals surface area contributed by atoms with Crippen LogP contribution >= 0.6 is 0 Å². The molecule has 0 radical (unpaired) electrons. The largest absolute Gasteiger partial charge is 0.348 e. The van der Waals surface area contributed by atoms with E-state index in [0.717, 1.165) is 43.0 Å². The zero-order chi connectivity index (χ0) is 15.0. The lowest BCUT2D eigenvalue weighted by molar-refractivity contribution is 0.0931. The van der Waals surface area contributed by atoms with Crippen molar-refractivity contribution in [1.82, 2.24) is 25.2 Å². The fourth-order valence-corrected chi connectivity index (χ4v) is 2.93. The summed E-state index contributed by atoms with van der Waals surface area (Å²) in [6.45, 7) is 7.62. The predicted octanol–water partition coefficient (Wildman–Crippen LogP) is 1.14. The molecule has 3 heterocycles. The third-order valence-corrected chi connectivity index (χ3v) is 3.93. The van der Waals surface area contributed by atoms with Gasteiger partial charge < -0.3 is 10.6 Å². The maximum absolute atomic E-state index is 12.6. The van der Waals surface area contributed by atoms with Gasteiger partial charge in [-0.05, 0) is 46.2 Å². The number of hydrogen-bond acceptors (Lipinski definition) is 4. The first-order chi connectivity index (χ1) is 10.1. The number of rotatable bonds is 2. The Labute approximate surface area is 123 Å². The summed E-state index contributed by atoms with van der Waals surface area (Å²) in [5, 5.41) is 10.8. The van der Waals surface area contributed by atoms with Gasteiger partial charge in [-0.3, -0.25) is 4.79 Å². The summed E-state index contributed by atoms with van der Waals surface area (Å²) in [6, 6.07) is 2.15. The highest BCUT2D eigenvalue weighted by atomic mass is 16.1. The topological polar surface area (TPSA) is 71.3 Å². The Morgan fingerprint density at radius 3 is 2.95 bits per heavy atom. The highest BCUT2D eigenvalue weighted by Gasteiger charge is 2.22. The average molecular weight is 287 g/mol. The molecular weight excluding hydrogens is 266 g/mol. The summed E-state index contributed by atoms with van der Waals surface area (Å²) < 4.78 is 1.75. The molecule has 1 saturated heterocycles. The first-order valence-electron chi connectivity index (χ1n) is 7.41. The summed E-state index contributed by atoms with van der Waals surface area (Å²) in [7, 11) is 0. The number of carbonyl (C=O) groups is 1. The van der Waals surface area contributed by atoms with E-state index in [1.165, 1.54) is 0 Å². The molecule has 0 bridgehead atoms. The van der Waals surface area contributed by atoms with Crippen molar-refractivity contribution >= 4 is 11.6 Å². The highest BCUT2D eigenvalue weighted by molar-refractivity contribution is 6.01. The summed E-state index contributed by atoms with van der Waals surface area (Å²) in [5.41, 5.74) is 3.84. The molecule has 0 unspecified atom stereocenters. The lowest BCUT2D eigenvalue weighted by Gasteiger charge is -2.23. The number of aromatic nitrogens is 3. The van der Waals surface area contributed by atoms with Crippen molar-refractivity contribution < 1.29 is 4.79 Å². The molecule has 1 amide bonds. The van der Waals surface area contributed by atoms with E-state index in [4.69, 9.17) is 0 Å². The molecule has 1 atom stereocenters. The molecule has 2 aromatic rings. The molecule has 1 aliphatic rings. The van der Waals surface area contributed by atoms with Crippen molar-refractivity contribution in [2.75, 3.05) is 13.1 Å². The number of nitrogens with zero attached hydrogens (tertiary/aromatic N) is 3. The second kappa shape index (κ2) is 5.44. The molecule has 21 heavy (non-hydrogen) atoms. The van der Waals surface area contributed by atoms with E-state index in [-0.39, 0.29) is 11.9 Å². The second-order valence-corrected chi connectivity index (χ2v) is 5.75. The monoisotopic (exact) mass is 287 g/mol. The van der Waals surface area contributed by atoms with Crippen LogP contribution in [-0.2, 0) is 0 Å². The normalized spacial score (nSPS) is 18.9. The maximum atomic E-state index is 12.6. The molecule has 1 aliphatic heterocycles. The van der Waals surface area contributed by atoms with Crippen LogP contribution in [0.1, 0.15) is 40.3 Å². The molecule has 0 spiro atoms. The quantitative estimate of drug-likeness (QED) is 0.869. The Morgan fingerprint density at radius 2 is 2.24 bits per heavy atom. The fraction of sp³-hybridized carbons (Fsp3) is 0.533. The average Bonchev–Trinajstić information content (AvgIpc) is 2.76. The van der Waals surface area contributed by atoms with E-state index >= 15 is 0 Å². The van der Waals surface area contributed by atoms with Gasteiger partial charge in [0.05, 0.1) is 5.69 Å². The Morgan fingerprint density at radius 1 is 1.43 bits per heavy atom. The number of nitrogens with one attached hydrogen (secondary N) is 2. The van der Waals surface area contributed by atoms with Crippen LogP contribution in [0.25, 0.3) is 5.65 Å². The van der Waals surface area contributed by atoms with Crippen molar-refractivity contribution in [2.45, 2.75) is 39.7 Å². The van der Waals surface area contributed by atoms with Gasteiger partial charge in [0.25, 0.3) is 5.91 Å². The summed E-state index contributed by atoms with van der Waals surface area (Å²) in [6.07, 6.45) is 2.11. The number of fused-ring (bicyclic) bond motifs is 1. The van der Waals surface area contributed by atoms with Crippen LogP contribution in [0.2, 0.25) is 0 Å². The van der Waals surface area contributed by atoms with E-state index in [1.807, 2.05) is 26.8 Å². The summed E-state index contributed by atoms with van der Waals surface area (Å²) in [5.74, 6) is -0.0753. The molecule has 0 saturated carbocycles. The smallest absolute Gasteiger partial charge is 0.257 e. The molecule has 112 valence electrons. The molecule has 0 aromatic carbocycles. The molecule has 6 heteroatoms. The van der Waals surface area contributed by atoms with Gasteiger partial charge in [0.2, 0.25) is 0 Å². The third kappa shape index (κ3) is 2.63. The van der Waals surface area contributed by atoms with Gasteiger partial charge in [-0.2, -0.15) is 5.10 Å². The number of amides is 1.